The van der Waals surface area contributed by atoms with Crippen LogP contribution in [0.25, 0.3) is 0 Å². The van der Waals surface area contributed by atoms with E-state index in [0.29, 0.717) is 44.1 Å². The average Bonchev–Trinajstić information content (AvgIpc) is 3.66. The summed E-state index contributed by atoms with van der Waals surface area (Å²) in [5.41, 5.74) is 0.752. The SMILES string of the molecule is COCc1cnc(N2CCC([C@H]3C[C@H]3CCOc3cc(F)c(CC(=O)N4CC(OC)C4)c(F)c3)CC2)nc1. The van der Waals surface area contributed by atoms with Gasteiger partial charge in [-0.25, -0.2) is 18.7 Å². The Morgan fingerprint density at radius 1 is 1.08 bits per heavy atom. The molecule has 2 atom stereocenters. The highest BCUT2D eigenvalue weighted by molar-refractivity contribution is 5.79. The van der Waals surface area contributed by atoms with Gasteiger partial charge in [0.05, 0.1) is 25.7 Å². The van der Waals surface area contributed by atoms with E-state index in [0.717, 1.165) is 43.9 Å². The van der Waals surface area contributed by atoms with Gasteiger partial charge in [-0.3, -0.25) is 4.79 Å². The molecule has 3 fully saturated rings. The molecule has 1 saturated carbocycles. The minimum absolute atomic E-state index is 0.00219. The van der Waals surface area contributed by atoms with Gasteiger partial charge in [-0.15, -0.1) is 0 Å². The summed E-state index contributed by atoms with van der Waals surface area (Å²) in [5.74, 6) is 1.11. The number of anilines is 1. The van der Waals surface area contributed by atoms with Crippen LogP contribution in [0.3, 0.4) is 0 Å². The van der Waals surface area contributed by atoms with Crippen LogP contribution in [0, 0.1) is 29.4 Å². The number of amides is 1. The Morgan fingerprint density at radius 3 is 2.39 bits per heavy atom. The fraction of sp³-hybridized carbons (Fsp3) is 0.607. The summed E-state index contributed by atoms with van der Waals surface area (Å²) in [7, 11) is 3.24. The predicted molar refractivity (Wildman–Crippen MR) is 137 cm³/mol. The molecule has 5 rings (SSSR count). The van der Waals surface area contributed by atoms with Crippen molar-refractivity contribution in [1.82, 2.24) is 14.9 Å². The summed E-state index contributed by atoms with van der Waals surface area (Å²) >= 11 is 0. The molecule has 10 heteroatoms. The summed E-state index contributed by atoms with van der Waals surface area (Å²) < 4.78 is 45.1. The standard InChI is InChI=1S/C28H36F2N4O4/c1-36-17-18-13-31-28(32-14-18)33-6-3-19(4-7-33)23-9-20(23)5-8-38-21-10-25(29)24(26(30)11-21)12-27(35)34-15-22(16-34)37-2/h10-11,13-14,19-20,22-23H,3-9,12,15-17H2,1-2H3/t20-,23-/m1/s1. The van der Waals surface area contributed by atoms with Crippen molar-refractivity contribution in [2.75, 3.05) is 51.9 Å². The lowest BCUT2D eigenvalue weighted by Gasteiger charge is -2.38. The smallest absolute Gasteiger partial charge is 0.227 e. The number of hydrogen-bond acceptors (Lipinski definition) is 7. The number of rotatable bonds is 11. The zero-order chi connectivity index (χ0) is 26.6. The van der Waals surface area contributed by atoms with Crippen LogP contribution in [-0.4, -0.2) is 73.9 Å². The molecule has 8 nitrogen and oxygen atoms in total. The maximum absolute atomic E-state index is 14.6. The van der Waals surface area contributed by atoms with Gasteiger partial charge in [0.1, 0.15) is 17.4 Å². The van der Waals surface area contributed by atoms with Gasteiger partial charge in [0, 0.05) is 76.1 Å². The van der Waals surface area contributed by atoms with Gasteiger partial charge >= 0.3 is 0 Å². The lowest BCUT2D eigenvalue weighted by Crippen LogP contribution is -2.54. The minimum atomic E-state index is -0.745. The van der Waals surface area contributed by atoms with Gasteiger partial charge < -0.3 is 24.0 Å². The van der Waals surface area contributed by atoms with Crippen molar-refractivity contribution in [2.45, 2.75) is 44.8 Å². The minimum Gasteiger partial charge on any atom is -0.493 e. The topological polar surface area (TPSA) is 77.0 Å². The summed E-state index contributed by atoms with van der Waals surface area (Å²) in [6.07, 6.45) is 7.63. The fourth-order valence-corrected chi connectivity index (χ4v) is 5.67. The Balaban J connectivity index is 1.03. The summed E-state index contributed by atoms with van der Waals surface area (Å²) in [6.45, 7) is 3.75. The van der Waals surface area contributed by atoms with Crippen molar-refractivity contribution in [3.63, 3.8) is 0 Å². The molecule has 0 radical (unpaired) electrons. The van der Waals surface area contributed by atoms with Crippen LogP contribution in [-0.2, 0) is 27.3 Å². The van der Waals surface area contributed by atoms with Crippen LogP contribution in [0.1, 0.15) is 36.8 Å². The number of benzene rings is 1. The molecule has 2 aromatic rings. The van der Waals surface area contributed by atoms with Gasteiger partial charge in [-0.1, -0.05) is 0 Å². The molecule has 2 saturated heterocycles. The van der Waals surface area contributed by atoms with Crippen LogP contribution < -0.4 is 9.64 Å². The highest BCUT2D eigenvalue weighted by Crippen LogP contribution is 2.49. The summed E-state index contributed by atoms with van der Waals surface area (Å²) in [4.78, 5) is 25.0. The molecule has 0 N–H and O–H groups in total. The van der Waals surface area contributed by atoms with Crippen molar-refractivity contribution < 1.29 is 27.8 Å². The number of aromatic nitrogens is 2. The molecule has 0 unspecified atom stereocenters. The number of carbonyl (C=O) groups is 1. The molecule has 3 aliphatic rings. The Bertz CT molecular complexity index is 1080. The first kappa shape index (κ1) is 26.7. The van der Waals surface area contributed by atoms with E-state index in [1.54, 1.807) is 19.1 Å². The molecule has 3 heterocycles. The van der Waals surface area contributed by atoms with E-state index in [4.69, 9.17) is 14.2 Å². The molecule has 2 aliphatic heterocycles. The average molecular weight is 531 g/mol. The van der Waals surface area contributed by atoms with Crippen molar-refractivity contribution >= 4 is 11.9 Å². The Morgan fingerprint density at radius 2 is 1.76 bits per heavy atom. The quantitative estimate of drug-likeness (QED) is 0.439. The highest BCUT2D eigenvalue weighted by atomic mass is 19.1. The summed E-state index contributed by atoms with van der Waals surface area (Å²) in [6, 6.07) is 2.37. The number of ether oxygens (including phenoxy) is 3. The van der Waals surface area contributed by atoms with Crippen LogP contribution in [0.4, 0.5) is 14.7 Å². The lowest BCUT2D eigenvalue weighted by atomic mass is 9.90. The third kappa shape index (κ3) is 6.23. The number of carbonyl (C=O) groups excluding carboxylic acids is 1. The number of halogens is 2. The van der Waals surface area contributed by atoms with Crippen molar-refractivity contribution in [2.24, 2.45) is 17.8 Å². The monoisotopic (exact) mass is 530 g/mol. The van der Waals surface area contributed by atoms with E-state index in [9.17, 15) is 13.6 Å². The molecule has 0 bridgehead atoms. The molecule has 1 aromatic heterocycles. The number of likely N-dealkylation sites (tertiary alicyclic amines) is 1. The third-order valence-electron chi connectivity index (χ3n) is 8.14. The van der Waals surface area contributed by atoms with E-state index in [1.165, 1.54) is 18.6 Å². The molecular formula is C28H36F2N4O4. The molecule has 206 valence electrons. The second kappa shape index (κ2) is 11.9. The highest BCUT2D eigenvalue weighted by Gasteiger charge is 2.43. The second-order valence-electron chi connectivity index (χ2n) is 10.6. The predicted octanol–water partition coefficient (Wildman–Crippen LogP) is 3.62. The third-order valence-corrected chi connectivity index (χ3v) is 8.14. The lowest BCUT2D eigenvalue weighted by molar-refractivity contribution is -0.142. The van der Waals surface area contributed by atoms with E-state index in [1.807, 2.05) is 12.4 Å². The first-order valence-electron chi connectivity index (χ1n) is 13.4. The molecule has 1 amide bonds. The molecule has 0 spiro atoms. The Kier molecular flexibility index (Phi) is 8.38. The normalized spacial score (nSPS) is 21.9. The summed E-state index contributed by atoms with van der Waals surface area (Å²) in [5, 5.41) is 0. The Hall–Kier alpha value is -2.85. The second-order valence-corrected chi connectivity index (χ2v) is 10.6. The molecular weight excluding hydrogens is 494 g/mol. The van der Waals surface area contributed by atoms with Gasteiger partial charge in [0.2, 0.25) is 11.9 Å². The maximum atomic E-state index is 14.6. The number of nitrogens with zero attached hydrogens (tertiary/aromatic N) is 4. The van der Waals surface area contributed by atoms with E-state index < -0.39 is 11.6 Å². The van der Waals surface area contributed by atoms with Crippen molar-refractivity contribution in [3.8, 4) is 5.75 Å². The van der Waals surface area contributed by atoms with Crippen molar-refractivity contribution in [3.05, 3.63) is 47.3 Å². The van der Waals surface area contributed by atoms with Gasteiger partial charge in [0.15, 0.2) is 0 Å². The van der Waals surface area contributed by atoms with Crippen molar-refractivity contribution in [1.29, 1.82) is 0 Å². The number of methoxy groups -OCH3 is 2. The van der Waals surface area contributed by atoms with Crippen LogP contribution in [0.5, 0.6) is 5.75 Å². The first-order valence-corrected chi connectivity index (χ1v) is 13.4. The Labute approximate surface area is 222 Å². The van der Waals surface area contributed by atoms with Crippen LogP contribution in [0.15, 0.2) is 24.5 Å². The molecule has 38 heavy (non-hydrogen) atoms. The molecule has 1 aromatic carbocycles. The maximum Gasteiger partial charge on any atom is 0.227 e. The van der Waals surface area contributed by atoms with Gasteiger partial charge in [0.25, 0.3) is 0 Å². The van der Waals surface area contributed by atoms with Crippen LogP contribution in [0.2, 0.25) is 0 Å². The number of piperidine rings is 1. The van der Waals surface area contributed by atoms with E-state index >= 15 is 0 Å². The zero-order valence-corrected chi connectivity index (χ0v) is 22.1. The van der Waals surface area contributed by atoms with E-state index in [-0.39, 0.29) is 29.7 Å². The van der Waals surface area contributed by atoms with Gasteiger partial charge in [-0.05, 0) is 43.4 Å². The number of hydrogen-bond donors (Lipinski definition) is 0. The fourth-order valence-electron chi connectivity index (χ4n) is 5.67. The first-order chi connectivity index (χ1) is 18.4. The zero-order valence-electron chi connectivity index (χ0n) is 22.1. The van der Waals surface area contributed by atoms with Gasteiger partial charge in [-0.2, -0.15) is 0 Å². The largest absolute Gasteiger partial charge is 0.493 e. The molecule has 1 aliphatic carbocycles. The van der Waals surface area contributed by atoms with E-state index in [2.05, 4.69) is 14.9 Å². The van der Waals surface area contributed by atoms with Crippen LogP contribution >= 0.6 is 0 Å².